The summed E-state index contributed by atoms with van der Waals surface area (Å²) in [5.74, 6) is 1.44. The lowest BCUT2D eigenvalue weighted by molar-refractivity contribution is -0.130. The van der Waals surface area contributed by atoms with E-state index in [-0.39, 0.29) is 17.9 Å². The van der Waals surface area contributed by atoms with Gasteiger partial charge >= 0.3 is 0 Å². The summed E-state index contributed by atoms with van der Waals surface area (Å²) in [7, 11) is 1.59. The van der Waals surface area contributed by atoms with Crippen LogP contribution in [0, 0.1) is 13.8 Å². The van der Waals surface area contributed by atoms with Crippen molar-refractivity contribution in [2.45, 2.75) is 26.7 Å². The molecule has 1 fully saturated rings. The molecule has 0 N–H and O–H groups in total. The molecule has 34 heavy (non-hydrogen) atoms. The molecule has 2 heterocycles. The van der Waals surface area contributed by atoms with Crippen LogP contribution >= 0.6 is 11.6 Å². The van der Waals surface area contributed by atoms with E-state index in [2.05, 4.69) is 10.00 Å². The van der Waals surface area contributed by atoms with E-state index < -0.39 is 0 Å². The topological polar surface area (TPSA) is 67.7 Å². The number of amides is 1. The first kappa shape index (κ1) is 23.8. The molecule has 0 spiro atoms. The number of hydrogen-bond acceptors (Lipinski definition) is 5. The van der Waals surface area contributed by atoms with E-state index in [0.717, 1.165) is 35.6 Å². The predicted octanol–water partition coefficient (Wildman–Crippen LogP) is 3.79. The normalized spacial score (nSPS) is 14.1. The molecule has 0 unspecified atom stereocenters. The number of aromatic nitrogens is 2. The number of benzene rings is 2. The van der Waals surface area contributed by atoms with Crippen molar-refractivity contribution in [3.63, 3.8) is 0 Å². The first-order valence-electron chi connectivity index (χ1n) is 11.4. The molecular weight excluding hydrogens is 452 g/mol. The maximum absolute atomic E-state index is 13.0. The third-order valence-electron chi connectivity index (χ3n) is 6.30. The van der Waals surface area contributed by atoms with Crippen molar-refractivity contribution in [3.8, 4) is 11.4 Å². The van der Waals surface area contributed by atoms with Gasteiger partial charge in [-0.05, 0) is 67.3 Å². The second kappa shape index (κ2) is 10.3. The van der Waals surface area contributed by atoms with Gasteiger partial charge in [0.05, 0.1) is 19.2 Å². The number of carbonyl (C=O) groups is 1. The van der Waals surface area contributed by atoms with Gasteiger partial charge in [-0.2, -0.15) is 4.68 Å². The van der Waals surface area contributed by atoms with Crippen LogP contribution in [-0.2, 0) is 11.2 Å². The maximum atomic E-state index is 13.0. The quantitative estimate of drug-likeness (QED) is 0.555. The standard InChI is InChI=1S/C26H29ClN4O3/c1-18-5-7-21(15-19(18)2)31-25(32)10-9-24(28-31)29-11-4-12-30(14-13-29)26(33)16-20-6-8-22(34-3)17-23(20)27/h5-10,15,17H,4,11-14,16H2,1-3H3. The van der Waals surface area contributed by atoms with Gasteiger partial charge in [0, 0.05) is 37.3 Å². The summed E-state index contributed by atoms with van der Waals surface area (Å²) in [5, 5.41) is 5.17. The first-order valence-corrected chi connectivity index (χ1v) is 11.8. The SMILES string of the molecule is COc1ccc(CC(=O)N2CCCN(c3ccc(=O)n(-c4ccc(C)c(C)c4)n3)CC2)c(Cl)c1. The lowest BCUT2D eigenvalue weighted by Gasteiger charge is -2.23. The summed E-state index contributed by atoms with van der Waals surface area (Å²) in [4.78, 5) is 29.5. The van der Waals surface area contributed by atoms with Crippen LogP contribution < -0.4 is 15.2 Å². The molecule has 178 valence electrons. The summed E-state index contributed by atoms with van der Waals surface area (Å²) >= 11 is 6.33. The molecule has 1 saturated heterocycles. The van der Waals surface area contributed by atoms with Crippen LogP contribution in [0.15, 0.2) is 53.3 Å². The van der Waals surface area contributed by atoms with Crippen LogP contribution in [0.5, 0.6) is 5.75 Å². The molecule has 0 radical (unpaired) electrons. The van der Waals surface area contributed by atoms with E-state index in [1.165, 1.54) is 10.2 Å². The Balaban J connectivity index is 1.46. The lowest BCUT2D eigenvalue weighted by Crippen LogP contribution is -2.36. The van der Waals surface area contributed by atoms with Crippen LogP contribution in [-0.4, -0.2) is 53.9 Å². The Morgan fingerprint density at radius 3 is 2.56 bits per heavy atom. The fourth-order valence-electron chi connectivity index (χ4n) is 4.08. The Labute approximate surface area is 204 Å². The largest absolute Gasteiger partial charge is 0.497 e. The highest BCUT2D eigenvalue weighted by Crippen LogP contribution is 2.23. The summed E-state index contributed by atoms with van der Waals surface area (Å²) < 4.78 is 6.63. The number of rotatable bonds is 5. The van der Waals surface area contributed by atoms with Gasteiger partial charge in [0.25, 0.3) is 5.56 Å². The van der Waals surface area contributed by atoms with Crippen LogP contribution in [0.4, 0.5) is 5.82 Å². The van der Waals surface area contributed by atoms with E-state index in [4.69, 9.17) is 16.3 Å². The Kier molecular flexibility index (Phi) is 7.22. The highest BCUT2D eigenvalue weighted by atomic mass is 35.5. The zero-order chi connectivity index (χ0) is 24.2. The average Bonchev–Trinajstić information content (AvgIpc) is 3.09. The van der Waals surface area contributed by atoms with E-state index >= 15 is 0 Å². The Morgan fingerprint density at radius 2 is 1.82 bits per heavy atom. The molecule has 4 rings (SSSR count). The number of hydrogen-bond donors (Lipinski definition) is 0. The number of halogens is 1. The molecule has 1 aliphatic heterocycles. The predicted molar refractivity (Wildman–Crippen MR) is 134 cm³/mol. The van der Waals surface area contributed by atoms with Gasteiger partial charge in [-0.1, -0.05) is 23.7 Å². The number of carbonyl (C=O) groups excluding carboxylic acids is 1. The van der Waals surface area contributed by atoms with Gasteiger partial charge in [0.1, 0.15) is 11.6 Å². The van der Waals surface area contributed by atoms with Crippen molar-refractivity contribution in [1.82, 2.24) is 14.7 Å². The average molecular weight is 481 g/mol. The van der Waals surface area contributed by atoms with Crippen molar-refractivity contribution in [2.75, 3.05) is 38.2 Å². The second-order valence-electron chi connectivity index (χ2n) is 8.57. The van der Waals surface area contributed by atoms with Gasteiger partial charge in [-0.25, -0.2) is 0 Å². The van der Waals surface area contributed by atoms with E-state index in [1.807, 2.05) is 49.1 Å². The highest BCUT2D eigenvalue weighted by molar-refractivity contribution is 6.31. The summed E-state index contributed by atoms with van der Waals surface area (Å²) in [6, 6.07) is 14.6. The molecule has 1 aliphatic rings. The van der Waals surface area contributed by atoms with E-state index in [0.29, 0.717) is 30.4 Å². The molecule has 0 atom stereocenters. The summed E-state index contributed by atoms with van der Waals surface area (Å²) in [6.45, 7) is 6.70. The summed E-state index contributed by atoms with van der Waals surface area (Å²) in [5.41, 5.74) is 3.64. The third-order valence-corrected chi connectivity index (χ3v) is 6.65. The number of ether oxygens (including phenoxy) is 1. The molecule has 2 aromatic carbocycles. The van der Waals surface area contributed by atoms with Gasteiger partial charge in [-0.3, -0.25) is 9.59 Å². The molecule has 1 aromatic heterocycles. The van der Waals surface area contributed by atoms with Gasteiger partial charge < -0.3 is 14.5 Å². The molecule has 1 amide bonds. The molecule has 0 bridgehead atoms. The van der Waals surface area contributed by atoms with Gasteiger partial charge in [0.2, 0.25) is 5.91 Å². The van der Waals surface area contributed by atoms with E-state index in [1.54, 1.807) is 25.3 Å². The van der Waals surface area contributed by atoms with E-state index in [9.17, 15) is 9.59 Å². The molecule has 0 aliphatic carbocycles. The van der Waals surface area contributed by atoms with Crippen LogP contribution in [0.2, 0.25) is 5.02 Å². The number of aryl methyl sites for hydroxylation is 2. The molecule has 3 aromatic rings. The minimum Gasteiger partial charge on any atom is -0.497 e. The fraction of sp³-hybridized carbons (Fsp3) is 0.346. The fourth-order valence-corrected chi connectivity index (χ4v) is 4.32. The zero-order valence-electron chi connectivity index (χ0n) is 19.8. The van der Waals surface area contributed by atoms with Crippen molar-refractivity contribution < 1.29 is 9.53 Å². The molecule has 0 saturated carbocycles. The molecular formula is C26H29ClN4O3. The minimum atomic E-state index is -0.171. The van der Waals surface area contributed by atoms with Crippen LogP contribution in [0.1, 0.15) is 23.1 Å². The van der Waals surface area contributed by atoms with Crippen molar-refractivity contribution >= 4 is 23.3 Å². The number of methoxy groups -OCH3 is 1. The highest BCUT2D eigenvalue weighted by Gasteiger charge is 2.21. The Morgan fingerprint density at radius 1 is 1.00 bits per heavy atom. The van der Waals surface area contributed by atoms with Gasteiger partial charge in [0.15, 0.2) is 0 Å². The number of anilines is 1. The van der Waals surface area contributed by atoms with Crippen molar-refractivity contribution in [2.24, 2.45) is 0 Å². The second-order valence-corrected chi connectivity index (χ2v) is 8.97. The monoisotopic (exact) mass is 480 g/mol. The maximum Gasteiger partial charge on any atom is 0.271 e. The van der Waals surface area contributed by atoms with Crippen LogP contribution in [0.25, 0.3) is 5.69 Å². The lowest BCUT2D eigenvalue weighted by atomic mass is 10.1. The third kappa shape index (κ3) is 5.25. The molecule has 8 heteroatoms. The summed E-state index contributed by atoms with van der Waals surface area (Å²) in [6.07, 6.45) is 1.06. The minimum absolute atomic E-state index is 0.0435. The first-order chi connectivity index (χ1) is 16.4. The number of nitrogens with zero attached hydrogens (tertiary/aromatic N) is 4. The van der Waals surface area contributed by atoms with Crippen molar-refractivity contribution in [3.05, 3.63) is 80.6 Å². The molecule has 7 nitrogen and oxygen atoms in total. The van der Waals surface area contributed by atoms with Crippen LogP contribution in [0.3, 0.4) is 0 Å². The Hall–Kier alpha value is -3.32. The smallest absolute Gasteiger partial charge is 0.271 e. The Bertz CT molecular complexity index is 1260. The van der Waals surface area contributed by atoms with Gasteiger partial charge in [-0.15, -0.1) is 5.10 Å². The zero-order valence-corrected chi connectivity index (χ0v) is 20.5. The van der Waals surface area contributed by atoms with Crippen molar-refractivity contribution in [1.29, 1.82) is 0 Å².